The molecule has 0 unspecified atom stereocenters. The molecule has 112 valence electrons. The summed E-state index contributed by atoms with van der Waals surface area (Å²) < 4.78 is 0. The van der Waals surface area contributed by atoms with Gasteiger partial charge in [0.1, 0.15) is 0 Å². The van der Waals surface area contributed by atoms with Crippen LogP contribution in [0.1, 0.15) is 30.1 Å². The Bertz CT molecular complexity index is 672. The Morgan fingerprint density at radius 1 is 0.955 bits per heavy atom. The van der Waals surface area contributed by atoms with Crippen molar-refractivity contribution in [1.29, 1.82) is 0 Å². The molecule has 2 fully saturated rings. The van der Waals surface area contributed by atoms with E-state index >= 15 is 0 Å². The number of benzene rings is 1. The van der Waals surface area contributed by atoms with Gasteiger partial charge in [-0.15, -0.1) is 0 Å². The van der Waals surface area contributed by atoms with Gasteiger partial charge in [-0.3, -0.25) is 19.3 Å². The molecule has 0 N–H and O–H groups in total. The lowest BCUT2D eigenvalue weighted by Crippen LogP contribution is -2.38. The molecular weight excluding hydrogens is 278 g/mol. The predicted molar refractivity (Wildman–Crippen MR) is 81.3 cm³/mol. The number of hydrogen-bond acceptors (Lipinski definition) is 3. The van der Waals surface area contributed by atoms with Crippen LogP contribution in [-0.4, -0.2) is 17.6 Å². The lowest BCUT2D eigenvalue weighted by Gasteiger charge is -2.38. The number of Topliss-reactive ketones (excluding diaryl/α,β-unsaturated/α-hetero) is 1. The molecule has 3 aliphatic carbocycles. The fourth-order valence-electron chi connectivity index (χ4n) is 4.17. The van der Waals surface area contributed by atoms with E-state index in [-0.39, 0.29) is 41.3 Å². The summed E-state index contributed by atoms with van der Waals surface area (Å²) in [4.78, 5) is 38.2. The highest BCUT2D eigenvalue weighted by molar-refractivity contribution is 6.22. The van der Waals surface area contributed by atoms with Crippen molar-refractivity contribution in [3.8, 4) is 0 Å². The summed E-state index contributed by atoms with van der Waals surface area (Å²) in [6, 6.07) is 6.73. The number of carbonyl (C=O) groups is 3. The number of rotatable bonds is 2. The molecule has 2 amide bonds. The second kappa shape index (κ2) is 4.63. The van der Waals surface area contributed by atoms with E-state index in [0.29, 0.717) is 11.3 Å². The number of allylic oxidation sites excluding steroid dienone is 2. The van der Waals surface area contributed by atoms with Gasteiger partial charge < -0.3 is 0 Å². The van der Waals surface area contributed by atoms with Gasteiger partial charge >= 0.3 is 0 Å². The normalized spacial score (nSPS) is 32.5. The van der Waals surface area contributed by atoms with E-state index in [4.69, 9.17) is 0 Å². The molecule has 0 aromatic heterocycles. The lowest BCUT2D eigenvalue weighted by molar-refractivity contribution is -0.124. The van der Waals surface area contributed by atoms with Gasteiger partial charge in [-0.05, 0) is 55.9 Å². The number of hydrogen-bond donors (Lipinski definition) is 0. The zero-order valence-electron chi connectivity index (χ0n) is 12.4. The summed E-state index contributed by atoms with van der Waals surface area (Å²) in [5, 5.41) is 0. The molecule has 2 bridgehead atoms. The van der Waals surface area contributed by atoms with Crippen LogP contribution in [0.4, 0.5) is 5.69 Å². The summed E-state index contributed by atoms with van der Waals surface area (Å²) in [7, 11) is 0. The molecule has 4 aliphatic rings. The summed E-state index contributed by atoms with van der Waals surface area (Å²) in [5.74, 6) is -0.163. The average Bonchev–Trinajstić information content (AvgIpc) is 2.82. The third-order valence-corrected chi connectivity index (χ3v) is 5.29. The van der Waals surface area contributed by atoms with Gasteiger partial charge in [0.25, 0.3) is 0 Å². The molecule has 1 saturated heterocycles. The summed E-state index contributed by atoms with van der Waals surface area (Å²) in [5.41, 5.74) is 1.16. The molecule has 22 heavy (non-hydrogen) atoms. The highest BCUT2D eigenvalue weighted by Gasteiger charge is 2.56. The Hall–Kier alpha value is -2.23. The molecule has 4 heteroatoms. The number of amides is 2. The first kappa shape index (κ1) is 13.4. The molecular formula is C18H17NO3. The molecule has 4 nitrogen and oxygen atoms in total. The minimum absolute atomic E-state index is 0.0264. The Labute approximate surface area is 128 Å². The van der Waals surface area contributed by atoms with Gasteiger partial charge in [-0.1, -0.05) is 12.2 Å². The monoisotopic (exact) mass is 295 g/mol. The third-order valence-electron chi connectivity index (χ3n) is 5.29. The summed E-state index contributed by atoms with van der Waals surface area (Å²) in [6.07, 6.45) is 6.22. The van der Waals surface area contributed by atoms with Crippen molar-refractivity contribution in [3.63, 3.8) is 0 Å². The Morgan fingerprint density at radius 3 is 1.86 bits per heavy atom. The maximum Gasteiger partial charge on any atom is 0.238 e. The van der Waals surface area contributed by atoms with Crippen molar-refractivity contribution in [2.45, 2.75) is 19.8 Å². The van der Waals surface area contributed by atoms with Crippen LogP contribution in [0, 0.1) is 23.7 Å². The molecule has 5 rings (SSSR count). The summed E-state index contributed by atoms with van der Waals surface area (Å²) >= 11 is 0. The van der Waals surface area contributed by atoms with Gasteiger partial charge in [0.2, 0.25) is 11.8 Å². The minimum Gasteiger partial charge on any atom is -0.295 e. The van der Waals surface area contributed by atoms with Gasteiger partial charge in [-0.2, -0.15) is 0 Å². The van der Waals surface area contributed by atoms with Gasteiger partial charge in [0.15, 0.2) is 5.78 Å². The Morgan fingerprint density at radius 2 is 1.45 bits per heavy atom. The van der Waals surface area contributed by atoms with Gasteiger partial charge in [0, 0.05) is 5.56 Å². The predicted octanol–water partition coefficient (Wildman–Crippen LogP) is 2.59. The smallest absolute Gasteiger partial charge is 0.238 e. The van der Waals surface area contributed by atoms with Crippen LogP contribution < -0.4 is 4.90 Å². The molecule has 1 saturated carbocycles. The van der Waals surface area contributed by atoms with Crippen molar-refractivity contribution >= 4 is 23.3 Å². The van der Waals surface area contributed by atoms with Crippen molar-refractivity contribution < 1.29 is 14.4 Å². The van der Waals surface area contributed by atoms with Gasteiger partial charge in [-0.25, -0.2) is 0 Å². The molecule has 1 heterocycles. The molecule has 1 aromatic rings. The number of fused-ring (bicyclic) bond motifs is 1. The molecule has 4 atom stereocenters. The van der Waals surface area contributed by atoms with Crippen LogP contribution in [0.25, 0.3) is 0 Å². The molecule has 1 aromatic carbocycles. The van der Waals surface area contributed by atoms with Crippen molar-refractivity contribution in [2.24, 2.45) is 23.7 Å². The zero-order chi connectivity index (χ0) is 15.4. The van der Waals surface area contributed by atoms with Crippen LogP contribution >= 0.6 is 0 Å². The highest BCUT2D eigenvalue weighted by atomic mass is 16.2. The SMILES string of the molecule is CC(=O)c1ccc(N2C(=O)[C@H]3[C@H](C2=O)[C@@H]2C=C[C@@H]3CC2)cc1. The first-order valence-corrected chi connectivity index (χ1v) is 7.75. The van der Waals surface area contributed by atoms with Gasteiger partial charge in [0.05, 0.1) is 17.5 Å². The van der Waals surface area contributed by atoms with Crippen LogP contribution in [0.5, 0.6) is 0 Å². The number of nitrogens with zero attached hydrogens (tertiary/aromatic N) is 1. The first-order chi connectivity index (χ1) is 10.6. The zero-order valence-corrected chi connectivity index (χ0v) is 12.4. The van der Waals surface area contributed by atoms with Crippen LogP contribution in [0.2, 0.25) is 0 Å². The van der Waals surface area contributed by atoms with Crippen molar-refractivity contribution in [2.75, 3.05) is 4.90 Å². The maximum atomic E-state index is 12.8. The van der Waals surface area contributed by atoms with Crippen LogP contribution in [0.3, 0.4) is 0 Å². The average molecular weight is 295 g/mol. The maximum absolute atomic E-state index is 12.8. The fourth-order valence-corrected chi connectivity index (χ4v) is 4.17. The fraction of sp³-hybridized carbons (Fsp3) is 0.389. The standard InChI is InChI=1S/C18H17NO3/c1-10(20)11-6-8-14(9-7-11)19-17(21)15-12-2-3-13(5-4-12)16(15)18(19)22/h2-3,6-9,12-13,15-16H,4-5H2,1H3/t12-,13-,15-,16-/m1/s1. The van der Waals surface area contributed by atoms with E-state index in [1.165, 1.54) is 11.8 Å². The largest absolute Gasteiger partial charge is 0.295 e. The van der Waals surface area contributed by atoms with Crippen molar-refractivity contribution in [3.05, 3.63) is 42.0 Å². The topological polar surface area (TPSA) is 54.5 Å². The van der Waals surface area contributed by atoms with E-state index < -0.39 is 0 Å². The quantitative estimate of drug-likeness (QED) is 0.479. The Kier molecular flexibility index (Phi) is 2.83. The number of ketones is 1. The Balaban J connectivity index is 1.70. The summed E-state index contributed by atoms with van der Waals surface area (Å²) in [6.45, 7) is 1.50. The minimum atomic E-state index is -0.191. The van der Waals surface area contributed by atoms with E-state index in [1.54, 1.807) is 24.3 Å². The van der Waals surface area contributed by atoms with Crippen LogP contribution in [0.15, 0.2) is 36.4 Å². The third kappa shape index (κ3) is 1.73. The van der Waals surface area contributed by atoms with E-state index in [2.05, 4.69) is 12.2 Å². The lowest BCUT2D eigenvalue weighted by atomic mass is 9.63. The molecule has 0 spiro atoms. The highest BCUT2D eigenvalue weighted by Crippen LogP contribution is 2.50. The van der Waals surface area contributed by atoms with Crippen molar-refractivity contribution in [1.82, 2.24) is 0 Å². The van der Waals surface area contributed by atoms with E-state index in [9.17, 15) is 14.4 Å². The molecule has 1 aliphatic heterocycles. The second-order valence-electron chi connectivity index (χ2n) is 6.46. The number of anilines is 1. The van der Waals surface area contributed by atoms with E-state index in [1.807, 2.05) is 0 Å². The van der Waals surface area contributed by atoms with E-state index in [0.717, 1.165) is 12.8 Å². The number of imide groups is 1. The molecule has 0 radical (unpaired) electrons. The number of carbonyl (C=O) groups excluding carboxylic acids is 3. The second-order valence-corrected chi connectivity index (χ2v) is 6.46. The first-order valence-electron chi connectivity index (χ1n) is 7.75. The van der Waals surface area contributed by atoms with Crippen LogP contribution in [-0.2, 0) is 9.59 Å².